The van der Waals surface area contributed by atoms with Gasteiger partial charge in [-0.1, -0.05) is 58.9 Å². The lowest BCUT2D eigenvalue weighted by Crippen LogP contribution is -2.44. The molecule has 7 nitrogen and oxygen atoms in total. The van der Waals surface area contributed by atoms with Gasteiger partial charge in [0, 0.05) is 53.5 Å². The van der Waals surface area contributed by atoms with Gasteiger partial charge in [-0.25, -0.2) is 0 Å². The molecule has 0 bridgehead atoms. The molecule has 0 spiro atoms. The van der Waals surface area contributed by atoms with Crippen LogP contribution in [0.4, 0.5) is 5.69 Å². The number of allylic oxidation sites excluding steroid dienone is 4. The smallest absolute Gasteiger partial charge is 0.262 e. The van der Waals surface area contributed by atoms with Crippen molar-refractivity contribution in [2.75, 3.05) is 25.1 Å². The van der Waals surface area contributed by atoms with Gasteiger partial charge in [0.15, 0.2) is 29.7 Å². The summed E-state index contributed by atoms with van der Waals surface area (Å²) in [5.41, 5.74) is 4.83. The van der Waals surface area contributed by atoms with Crippen LogP contribution in [0.15, 0.2) is 71.1 Å². The lowest BCUT2D eigenvalue weighted by molar-refractivity contribution is -0.120. The van der Waals surface area contributed by atoms with E-state index in [9.17, 15) is 14.4 Å². The largest absolute Gasteiger partial charge is 0.490 e. The third-order valence-electron chi connectivity index (χ3n) is 8.49. The first-order valence-corrected chi connectivity index (χ1v) is 15.5. The Bertz CT molecular complexity index is 1430. The van der Waals surface area contributed by atoms with Crippen molar-refractivity contribution in [3.8, 4) is 11.5 Å². The van der Waals surface area contributed by atoms with Gasteiger partial charge in [0.1, 0.15) is 0 Å². The normalized spacial score (nSPS) is 19.6. The molecule has 0 aromatic heterocycles. The highest BCUT2D eigenvalue weighted by Gasteiger charge is 2.48. The van der Waals surface area contributed by atoms with Crippen LogP contribution in [-0.2, 0) is 14.4 Å². The van der Waals surface area contributed by atoms with Gasteiger partial charge in [0.25, 0.3) is 5.91 Å². The molecular weight excluding hydrogens is 540 g/mol. The number of nitrogens with zero attached hydrogens (tertiary/aromatic N) is 1. The molecule has 1 amide bonds. The molecule has 0 radical (unpaired) electrons. The Balaban J connectivity index is 1.55. The molecule has 1 aliphatic heterocycles. The van der Waals surface area contributed by atoms with Crippen molar-refractivity contribution >= 4 is 23.2 Å². The fraction of sp³-hybridized carbons (Fsp3) is 0.472. The zero-order valence-corrected chi connectivity index (χ0v) is 26.3. The number of nitrogens with one attached hydrogen (secondary N) is 1. The number of benzene rings is 2. The Labute approximate surface area is 255 Å². The maximum atomic E-state index is 14.0. The number of anilines is 1. The minimum atomic E-state index is -0.458. The Morgan fingerprint density at radius 1 is 0.837 bits per heavy atom. The third-order valence-corrected chi connectivity index (χ3v) is 8.49. The minimum absolute atomic E-state index is 0.109. The molecule has 0 saturated carbocycles. The molecule has 0 fully saturated rings. The van der Waals surface area contributed by atoms with Crippen molar-refractivity contribution in [2.24, 2.45) is 10.8 Å². The van der Waals surface area contributed by atoms with Crippen LogP contribution in [0.5, 0.6) is 11.5 Å². The maximum absolute atomic E-state index is 14.0. The Morgan fingerprint density at radius 3 is 2.00 bits per heavy atom. The molecule has 1 N–H and O–H groups in total. The second-order valence-electron chi connectivity index (χ2n) is 13.5. The van der Waals surface area contributed by atoms with Gasteiger partial charge in [-0.3, -0.25) is 14.4 Å². The number of hydrogen-bond donors (Lipinski definition) is 1. The lowest BCUT2D eigenvalue weighted by atomic mass is 9.63. The van der Waals surface area contributed by atoms with Gasteiger partial charge in [0.2, 0.25) is 0 Å². The summed E-state index contributed by atoms with van der Waals surface area (Å²) in [4.78, 5) is 42.8. The maximum Gasteiger partial charge on any atom is 0.262 e. The Kier molecular flexibility index (Phi) is 8.55. The van der Waals surface area contributed by atoms with Gasteiger partial charge in [-0.15, -0.1) is 0 Å². The van der Waals surface area contributed by atoms with Crippen LogP contribution in [0.25, 0.3) is 0 Å². The van der Waals surface area contributed by atoms with E-state index >= 15 is 0 Å². The van der Waals surface area contributed by atoms with Crippen molar-refractivity contribution in [3.05, 3.63) is 76.6 Å². The number of carbonyl (C=O) groups excluding carboxylic acids is 3. The highest BCUT2D eigenvalue weighted by Crippen LogP contribution is 2.55. The van der Waals surface area contributed by atoms with E-state index < -0.39 is 5.92 Å². The van der Waals surface area contributed by atoms with E-state index in [0.717, 1.165) is 53.9 Å². The van der Waals surface area contributed by atoms with Gasteiger partial charge in [0.05, 0.1) is 6.61 Å². The fourth-order valence-electron chi connectivity index (χ4n) is 6.83. The standard InChI is InChI=1S/C36H44N2O5/c1-7-16-38-25-18-35(3,4)20-27(39)33(25)32(34-26(38)19-36(5,6)21-28(34)40)23-14-15-29(30(17-23)42-8-2)43-22-31(41)37-24-12-10-9-11-13-24/h9-15,17,32H,7-8,16,18-22H2,1-6H3,(H,37,41). The average Bonchev–Trinajstić information content (AvgIpc) is 2.92. The number of rotatable bonds is 9. The summed E-state index contributed by atoms with van der Waals surface area (Å²) in [5.74, 6) is 0.402. The second kappa shape index (κ2) is 12.0. The van der Waals surface area contributed by atoms with E-state index in [2.05, 4.69) is 44.8 Å². The van der Waals surface area contributed by atoms with Crippen LogP contribution in [0.2, 0.25) is 0 Å². The fourth-order valence-corrected chi connectivity index (χ4v) is 6.83. The molecule has 228 valence electrons. The SMILES string of the molecule is CCCN1C2=C(C(=O)CC(C)(C)C2)C(c2ccc(OCC(=O)Nc3ccccc3)c(OCC)c2)C2=C1CC(C)(C)CC2=O. The summed E-state index contributed by atoms with van der Waals surface area (Å²) in [6.07, 6.45) is 3.37. The zero-order chi connectivity index (χ0) is 30.9. The van der Waals surface area contributed by atoms with Crippen LogP contribution < -0.4 is 14.8 Å². The van der Waals surface area contributed by atoms with E-state index in [1.807, 2.05) is 49.4 Å². The first-order chi connectivity index (χ1) is 20.4. The number of amides is 1. The monoisotopic (exact) mass is 584 g/mol. The molecule has 0 saturated heterocycles. The highest BCUT2D eigenvalue weighted by atomic mass is 16.5. The van der Waals surface area contributed by atoms with Gasteiger partial charge in [-0.2, -0.15) is 0 Å². The number of ether oxygens (including phenoxy) is 2. The molecule has 3 aliphatic rings. The molecule has 0 unspecified atom stereocenters. The van der Waals surface area contributed by atoms with E-state index in [-0.39, 0.29) is 34.9 Å². The number of hydrogen-bond acceptors (Lipinski definition) is 6. The summed E-state index contributed by atoms with van der Waals surface area (Å²) in [7, 11) is 0. The third kappa shape index (κ3) is 6.41. The summed E-state index contributed by atoms with van der Waals surface area (Å²) in [6, 6.07) is 14.8. The summed E-state index contributed by atoms with van der Waals surface area (Å²) < 4.78 is 11.9. The Morgan fingerprint density at radius 2 is 1.44 bits per heavy atom. The predicted octanol–water partition coefficient (Wildman–Crippen LogP) is 7.20. The van der Waals surface area contributed by atoms with Crippen molar-refractivity contribution in [3.63, 3.8) is 0 Å². The molecule has 2 aromatic carbocycles. The van der Waals surface area contributed by atoms with E-state index in [1.54, 1.807) is 6.07 Å². The molecule has 5 rings (SSSR count). The molecule has 2 aromatic rings. The molecule has 7 heteroatoms. The van der Waals surface area contributed by atoms with E-state index in [0.29, 0.717) is 36.6 Å². The number of carbonyl (C=O) groups is 3. The quantitative estimate of drug-likeness (QED) is 0.336. The highest BCUT2D eigenvalue weighted by molar-refractivity contribution is 6.06. The number of Topliss-reactive ketones (excluding diaryl/α,β-unsaturated/α-hetero) is 2. The lowest BCUT2D eigenvalue weighted by Gasteiger charge is -2.49. The summed E-state index contributed by atoms with van der Waals surface area (Å²) in [6.45, 7) is 13.6. The number of para-hydroxylation sites is 1. The summed E-state index contributed by atoms with van der Waals surface area (Å²) >= 11 is 0. The van der Waals surface area contributed by atoms with Crippen molar-refractivity contribution in [2.45, 2.75) is 79.6 Å². The molecule has 0 atom stereocenters. The van der Waals surface area contributed by atoms with Gasteiger partial charge < -0.3 is 19.7 Å². The van der Waals surface area contributed by atoms with E-state index in [4.69, 9.17) is 9.47 Å². The second-order valence-corrected chi connectivity index (χ2v) is 13.5. The predicted molar refractivity (Wildman–Crippen MR) is 168 cm³/mol. The topological polar surface area (TPSA) is 84.9 Å². The molecule has 43 heavy (non-hydrogen) atoms. The van der Waals surface area contributed by atoms with Crippen LogP contribution in [-0.4, -0.2) is 42.1 Å². The Hall–Kier alpha value is -3.87. The molecule has 2 aliphatic carbocycles. The van der Waals surface area contributed by atoms with E-state index in [1.165, 1.54) is 0 Å². The van der Waals surface area contributed by atoms with Crippen molar-refractivity contribution in [1.29, 1.82) is 0 Å². The van der Waals surface area contributed by atoms with Gasteiger partial charge >= 0.3 is 0 Å². The van der Waals surface area contributed by atoms with Crippen molar-refractivity contribution in [1.82, 2.24) is 4.90 Å². The van der Waals surface area contributed by atoms with Crippen LogP contribution in [0.3, 0.4) is 0 Å². The summed E-state index contributed by atoms with van der Waals surface area (Å²) in [5, 5.41) is 2.83. The molecular formula is C36H44N2O5. The number of ketones is 2. The molecule has 1 heterocycles. The minimum Gasteiger partial charge on any atom is -0.490 e. The van der Waals surface area contributed by atoms with Crippen LogP contribution in [0, 0.1) is 10.8 Å². The first kappa shape index (κ1) is 30.6. The van der Waals surface area contributed by atoms with Crippen LogP contribution in [0.1, 0.15) is 85.1 Å². The average molecular weight is 585 g/mol. The zero-order valence-electron chi connectivity index (χ0n) is 26.3. The van der Waals surface area contributed by atoms with Crippen molar-refractivity contribution < 1.29 is 23.9 Å². The van der Waals surface area contributed by atoms with Gasteiger partial charge in [-0.05, 0) is 66.8 Å². The first-order valence-electron chi connectivity index (χ1n) is 15.5. The van der Waals surface area contributed by atoms with Crippen LogP contribution >= 0.6 is 0 Å².